The Hall–Kier alpha value is -1.52. The minimum Gasteiger partial charge on any atom is -0.399 e. The summed E-state index contributed by atoms with van der Waals surface area (Å²) in [6.45, 7) is 3.99. The van der Waals surface area contributed by atoms with Gasteiger partial charge in [0, 0.05) is 15.4 Å². The summed E-state index contributed by atoms with van der Waals surface area (Å²) in [5, 5.41) is 3.30. The van der Waals surface area contributed by atoms with E-state index in [4.69, 9.17) is 17.3 Å². The molecule has 1 heterocycles. The van der Waals surface area contributed by atoms with Gasteiger partial charge in [-0.15, -0.1) is 11.3 Å². The molecule has 0 aliphatic carbocycles. The number of nitrogen functional groups attached to an aromatic ring is 1. The Morgan fingerprint density at radius 1 is 1.37 bits per heavy atom. The standard InChI is InChI=1S/C14H15ClN2OS/c1-8-3-6-13(19-8)9(2)17-14(18)11-5-4-10(16)7-12(11)15/h3-7,9H,16H2,1-2H3,(H,17,18). The van der Waals surface area contributed by atoms with E-state index < -0.39 is 0 Å². The van der Waals surface area contributed by atoms with Crippen molar-refractivity contribution in [2.75, 3.05) is 5.73 Å². The second-order valence-electron chi connectivity index (χ2n) is 4.38. The molecule has 0 radical (unpaired) electrons. The summed E-state index contributed by atoms with van der Waals surface area (Å²) in [5.41, 5.74) is 6.59. The number of benzene rings is 1. The summed E-state index contributed by atoms with van der Waals surface area (Å²) in [4.78, 5) is 14.5. The van der Waals surface area contributed by atoms with Gasteiger partial charge in [-0.05, 0) is 44.2 Å². The molecule has 0 aliphatic heterocycles. The van der Waals surface area contributed by atoms with E-state index in [-0.39, 0.29) is 11.9 Å². The Morgan fingerprint density at radius 3 is 2.68 bits per heavy atom. The second kappa shape index (κ2) is 5.63. The van der Waals surface area contributed by atoms with Crippen LogP contribution in [0.2, 0.25) is 5.02 Å². The van der Waals surface area contributed by atoms with Crippen molar-refractivity contribution in [2.24, 2.45) is 0 Å². The molecule has 0 bridgehead atoms. The highest BCUT2D eigenvalue weighted by Crippen LogP contribution is 2.24. The Labute approximate surface area is 121 Å². The number of carbonyl (C=O) groups is 1. The number of anilines is 1. The molecule has 1 aromatic heterocycles. The maximum atomic E-state index is 12.1. The zero-order valence-electron chi connectivity index (χ0n) is 10.7. The molecular weight excluding hydrogens is 280 g/mol. The molecule has 1 atom stereocenters. The normalized spacial score (nSPS) is 12.2. The summed E-state index contributed by atoms with van der Waals surface area (Å²) in [6, 6.07) is 8.91. The molecule has 1 unspecified atom stereocenters. The molecule has 19 heavy (non-hydrogen) atoms. The third-order valence-corrected chi connectivity index (χ3v) is 4.27. The molecular formula is C14H15ClN2OS. The van der Waals surface area contributed by atoms with Crippen LogP contribution in [-0.2, 0) is 0 Å². The predicted molar refractivity (Wildman–Crippen MR) is 80.8 cm³/mol. The number of hydrogen-bond donors (Lipinski definition) is 2. The third-order valence-electron chi connectivity index (χ3n) is 2.77. The van der Waals surface area contributed by atoms with Crippen molar-refractivity contribution >= 4 is 34.5 Å². The van der Waals surface area contributed by atoms with Gasteiger partial charge in [0.05, 0.1) is 16.6 Å². The molecule has 1 amide bonds. The van der Waals surface area contributed by atoms with Gasteiger partial charge < -0.3 is 11.1 Å². The van der Waals surface area contributed by atoms with Crippen molar-refractivity contribution in [1.29, 1.82) is 0 Å². The summed E-state index contributed by atoms with van der Waals surface area (Å²) in [6.07, 6.45) is 0. The monoisotopic (exact) mass is 294 g/mol. The van der Waals surface area contributed by atoms with Crippen molar-refractivity contribution in [3.8, 4) is 0 Å². The number of thiophene rings is 1. The summed E-state index contributed by atoms with van der Waals surface area (Å²) < 4.78 is 0. The molecule has 0 saturated carbocycles. The lowest BCUT2D eigenvalue weighted by Gasteiger charge is -2.13. The molecule has 2 aromatic rings. The molecule has 3 N–H and O–H groups in total. The van der Waals surface area contributed by atoms with E-state index in [9.17, 15) is 4.79 Å². The molecule has 0 spiro atoms. The third kappa shape index (κ3) is 3.28. The fraction of sp³-hybridized carbons (Fsp3) is 0.214. The van der Waals surface area contributed by atoms with Crippen LogP contribution in [0.4, 0.5) is 5.69 Å². The number of amides is 1. The topological polar surface area (TPSA) is 55.1 Å². The van der Waals surface area contributed by atoms with Gasteiger partial charge in [-0.3, -0.25) is 4.79 Å². The number of nitrogens with two attached hydrogens (primary N) is 1. The van der Waals surface area contributed by atoms with Crippen LogP contribution >= 0.6 is 22.9 Å². The molecule has 1 aromatic carbocycles. The number of hydrogen-bond acceptors (Lipinski definition) is 3. The van der Waals surface area contributed by atoms with Gasteiger partial charge in [0.25, 0.3) is 5.91 Å². The van der Waals surface area contributed by atoms with Gasteiger partial charge in [0.1, 0.15) is 0 Å². The van der Waals surface area contributed by atoms with Crippen LogP contribution in [0.15, 0.2) is 30.3 Å². The molecule has 2 rings (SSSR count). The summed E-state index contributed by atoms with van der Waals surface area (Å²) in [5.74, 6) is -0.191. The van der Waals surface area contributed by atoms with E-state index >= 15 is 0 Å². The molecule has 0 aliphatic rings. The maximum Gasteiger partial charge on any atom is 0.253 e. The first kappa shape index (κ1) is 13.9. The number of rotatable bonds is 3. The van der Waals surface area contributed by atoms with Crippen molar-refractivity contribution in [3.05, 3.63) is 50.7 Å². The van der Waals surface area contributed by atoms with Gasteiger partial charge in [0.15, 0.2) is 0 Å². The van der Waals surface area contributed by atoms with E-state index in [0.717, 1.165) is 4.88 Å². The first-order chi connectivity index (χ1) is 8.97. The van der Waals surface area contributed by atoms with Gasteiger partial charge in [0.2, 0.25) is 0 Å². The predicted octanol–water partition coefficient (Wildman–Crippen LogP) is 3.78. The average molecular weight is 295 g/mol. The quantitative estimate of drug-likeness (QED) is 0.846. The number of carbonyl (C=O) groups excluding carboxylic acids is 1. The van der Waals surface area contributed by atoms with Gasteiger partial charge in [-0.2, -0.15) is 0 Å². The van der Waals surface area contributed by atoms with Crippen LogP contribution in [0.1, 0.15) is 33.1 Å². The van der Waals surface area contributed by atoms with Crippen LogP contribution in [0.5, 0.6) is 0 Å². The zero-order chi connectivity index (χ0) is 14.0. The molecule has 100 valence electrons. The van der Waals surface area contributed by atoms with Gasteiger partial charge in [-0.25, -0.2) is 0 Å². The van der Waals surface area contributed by atoms with E-state index in [0.29, 0.717) is 16.3 Å². The highest BCUT2D eigenvalue weighted by Gasteiger charge is 2.15. The first-order valence-electron chi connectivity index (χ1n) is 5.89. The Kier molecular flexibility index (Phi) is 4.12. The van der Waals surface area contributed by atoms with Crippen LogP contribution in [0.3, 0.4) is 0 Å². The van der Waals surface area contributed by atoms with Crippen LogP contribution in [0, 0.1) is 6.92 Å². The number of halogens is 1. The van der Waals surface area contributed by atoms with E-state index in [1.807, 2.05) is 26.0 Å². The fourth-order valence-corrected chi connectivity index (χ4v) is 2.90. The van der Waals surface area contributed by atoms with Crippen LogP contribution in [-0.4, -0.2) is 5.91 Å². The fourth-order valence-electron chi connectivity index (χ4n) is 1.75. The highest BCUT2D eigenvalue weighted by molar-refractivity contribution is 7.12. The van der Waals surface area contributed by atoms with E-state index in [2.05, 4.69) is 5.32 Å². The van der Waals surface area contributed by atoms with Gasteiger partial charge in [-0.1, -0.05) is 11.6 Å². The number of aryl methyl sites for hydroxylation is 1. The van der Waals surface area contributed by atoms with E-state index in [1.165, 1.54) is 4.88 Å². The molecule has 0 fully saturated rings. The average Bonchev–Trinajstić information content (AvgIpc) is 2.75. The molecule has 3 nitrogen and oxygen atoms in total. The minimum atomic E-state index is -0.191. The SMILES string of the molecule is Cc1ccc(C(C)NC(=O)c2ccc(N)cc2Cl)s1. The van der Waals surface area contributed by atoms with Gasteiger partial charge >= 0.3 is 0 Å². The van der Waals surface area contributed by atoms with Crippen molar-refractivity contribution in [1.82, 2.24) is 5.32 Å². The van der Waals surface area contributed by atoms with Crippen LogP contribution in [0.25, 0.3) is 0 Å². The lowest BCUT2D eigenvalue weighted by molar-refractivity contribution is 0.0940. The molecule has 0 saturated heterocycles. The smallest absolute Gasteiger partial charge is 0.253 e. The summed E-state index contributed by atoms with van der Waals surface area (Å²) in [7, 11) is 0. The molecule has 5 heteroatoms. The Balaban J connectivity index is 2.12. The summed E-state index contributed by atoms with van der Waals surface area (Å²) >= 11 is 7.69. The van der Waals surface area contributed by atoms with Crippen molar-refractivity contribution < 1.29 is 4.79 Å². The first-order valence-corrected chi connectivity index (χ1v) is 7.09. The Morgan fingerprint density at radius 2 is 2.11 bits per heavy atom. The largest absolute Gasteiger partial charge is 0.399 e. The minimum absolute atomic E-state index is 0.0418. The van der Waals surface area contributed by atoms with E-state index in [1.54, 1.807) is 29.5 Å². The zero-order valence-corrected chi connectivity index (χ0v) is 12.3. The Bertz CT molecular complexity index is 609. The van der Waals surface area contributed by atoms with Crippen molar-refractivity contribution in [2.45, 2.75) is 19.9 Å². The van der Waals surface area contributed by atoms with Crippen molar-refractivity contribution in [3.63, 3.8) is 0 Å². The maximum absolute atomic E-state index is 12.1. The highest BCUT2D eigenvalue weighted by atomic mass is 35.5. The lowest BCUT2D eigenvalue weighted by Crippen LogP contribution is -2.26. The lowest BCUT2D eigenvalue weighted by atomic mass is 10.1. The number of nitrogens with one attached hydrogen (secondary N) is 1. The second-order valence-corrected chi connectivity index (χ2v) is 6.11. The van der Waals surface area contributed by atoms with Crippen LogP contribution < -0.4 is 11.1 Å².